The second kappa shape index (κ2) is 44.7. The predicted octanol–water partition coefficient (Wildman–Crippen LogP) is 2.57. The van der Waals surface area contributed by atoms with E-state index >= 15 is 0 Å². The maximum atomic E-state index is 14.0. The van der Waals surface area contributed by atoms with E-state index in [1.165, 1.54) is 51.8 Å². The monoisotopic (exact) mass is 1810 g/mol. The lowest BCUT2D eigenvalue weighted by Gasteiger charge is -2.36. The van der Waals surface area contributed by atoms with Crippen molar-refractivity contribution in [3.8, 4) is 0 Å². The number of carboxylic acid groups (broad SMARTS) is 3. The molecule has 1 aliphatic carbocycles. The number of hydrazine groups is 1. The lowest BCUT2D eigenvalue weighted by Crippen LogP contribution is -2.55. The Labute approximate surface area is 737 Å². The van der Waals surface area contributed by atoms with Gasteiger partial charge in [0.05, 0.1) is 79.9 Å². The van der Waals surface area contributed by atoms with Gasteiger partial charge in [0.15, 0.2) is 23.1 Å². The normalized spacial score (nSPS) is 15.2. The number of carbonyl (C=O) groups is 13. The van der Waals surface area contributed by atoms with E-state index in [1.807, 2.05) is 39.8 Å². The standard InChI is InChI=1S/C82H99N23O21S2/c1-9-44-38(2)53-31-58-48-21-18-47(76(120)124-7)66(77(121)125-8)82(48,5)61(96-58)33-54-40(4)46(20-25-65(109)123-6)57(95-54)32-56-45(39(3)52(94-56)30-55(44)93-53)19-23-63(107)104-105-81(122)126-28-29-127-128-37-60(75(118)119)101-71(112)50(13-11-27-89-79(85)86)98-64(108)34-59(74(116)117)100-70(111)49(12-10-26-88-78(83)84)97-62(106)24-22-51(73(114)115)99-69(110)41-14-16-42(17-15-41)90-35-43-36-91-68-67(92-43)72(113)103-80(87)102-68/h9,14-18,21,30-33,36,49-51,59-60,66,90,94,96H,1,10-13,19-20,22-29,34-35,37H2,2-8H3,(H,97,106)(H,98,108)(H,99,110)(H,100,111)(H,101,112)(H,104,107)(H,105,122)(H,114,115)(H,116,117)(H,118,119)(H4,83,84,88)(H4,85,86,89)(H3,87,91,102,103,113)/t49-,50-,51-,59+,60-,66+,82-/m0/s1. The van der Waals surface area contributed by atoms with Crippen LogP contribution >= 0.6 is 21.6 Å². The number of allylic oxidation sites excluding steroid dienone is 8. The highest BCUT2D eigenvalue weighted by Crippen LogP contribution is 2.53. The average molecular weight is 1810 g/mol. The molecular formula is C82H99N23O21S2. The number of aryl methyl sites for hydroxylation is 2. The summed E-state index contributed by atoms with van der Waals surface area (Å²) in [5, 5.41) is 65.4. The third kappa shape index (κ3) is 25.3. The van der Waals surface area contributed by atoms with Crippen LogP contribution in [0.5, 0.6) is 0 Å². The van der Waals surface area contributed by atoms with Crippen molar-refractivity contribution in [2.24, 2.45) is 17.4 Å². The average Bonchev–Trinajstić information content (AvgIpc) is 1.56. The van der Waals surface area contributed by atoms with Crippen LogP contribution in [0.3, 0.4) is 0 Å². The van der Waals surface area contributed by atoms with E-state index in [-0.39, 0.29) is 117 Å². The van der Waals surface area contributed by atoms with E-state index in [2.05, 4.69) is 89.9 Å². The third-order valence-corrected chi connectivity index (χ3v) is 23.4. The van der Waals surface area contributed by atoms with Gasteiger partial charge in [-0.25, -0.2) is 49.3 Å². The Morgan fingerprint density at radius 3 is 1.93 bits per heavy atom. The van der Waals surface area contributed by atoms with Crippen LogP contribution in [-0.2, 0) is 90.1 Å². The minimum Gasteiger partial charge on any atom is -0.480 e. The summed E-state index contributed by atoms with van der Waals surface area (Å²) in [5.74, 6) is -14.8. The van der Waals surface area contributed by atoms with E-state index in [4.69, 9.17) is 56.9 Å². The van der Waals surface area contributed by atoms with Crippen molar-refractivity contribution in [3.63, 3.8) is 0 Å². The molecule has 46 heteroatoms. The molecule has 0 fully saturated rings. The molecule has 7 amide bonds. The van der Waals surface area contributed by atoms with Gasteiger partial charge >= 0.3 is 41.9 Å². The molecule has 1 aromatic carbocycles. The number of esters is 3. The predicted molar refractivity (Wildman–Crippen MR) is 470 cm³/mol. The van der Waals surface area contributed by atoms with Crippen molar-refractivity contribution in [2.75, 3.05) is 63.6 Å². The summed E-state index contributed by atoms with van der Waals surface area (Å²) < 4.78 is 20.8. The number of ether oxygens (including phenoxy) is 4. The van der Waals surface area contributed by atoms with Crippen LogP contribution in [0, 0.1) is 23.7 Å². The fraction of sp³-hybridized carbons (Fsp3) is 0.378. The summed E-state index contributed by atoms with van der Waals surface area (Å²) in [5.41, 5.74) is 29.2. The van der Waals surface area contributed by atoms with Crippen molar-refractivity contribution in [2.45, 2.75) is 140 Å². The fourth-order valence-corrected chi connectivity index (χ4v) is 16.2. The van der Waals surface area contributed by atoms with E-state index < -0.39 is 156 Å². The topological polar surface area (TPSA) is 694 Å². The molecule has 9 rings (SSSR count). The van der Waals surface area contributed by atoms with Crippen LogP contribution in [0.25, 0.3) is 50.1 Å². The summed E-state index contributed by atoms with van der Waals surface area (Å²) >= 11 is 0. The van der Waals surface area contributed by atoms with Crippen molar-refractivity contribution < 1.29 is 96.6 Å². The second-order valence-corrected chi connectivity index (χ2v) is 32.2. The number of nitrogens with one attached hydrogen (secondary N) is 15. The zero-order valence-corrected chi connectivity index (χ0v) is 72.2. The molecular weight excluding hydrogens is 1710 g/mol. The SMILES string of the molecule is C=CC1=C(C)c2cc3[nH]c(cc4nc(cc5[nH]c(cc1n2)c(C)c5CCC(=O)NNC(=O)OCCSSC[C@H](NC(=O)[C@H](CCCNC(=N)N)NC(=O)C[C@@H](NC(=O)[C@H](CCCNC(=N)N)NC(=O)CC[C@H](NC(=O)c1ccc(NCc2cnc5nc(N)[nH]c(=O)c5n2)cc1)C(=O)O)C(=O)O)C(=O)O)C(CCC(=O)OC)=C4C)[C@]1(C)C3=CC=C(C(=O)OC)[C@@H]1C(=O)OC. The van der Waals surface area contributed by atoms with Crippen LogP contribution in [0.4, 0.5) is 16.4 Å². The number of carboxylic acids is 3. The number of hydrogen-bond donors (Lipinski definition) is 21. The lowest BCUT2D eigenvalue weighted by atomic mass is 9.64. The Balaban J connectivity index is 0.782. The van der Waals surface area contributed by atoms with Crippen LogP contribution in [-0.4, -0.2) is 227 Å². The van der Waals surface area contributed by atoms with Crippen molar-refractivity contribution in [1.29, 1.82) is 10.8 Å². The van der Waals surface area contributed by atoms with E-state index in [0.717, 1.165) is 32.7 Å². The maximum Gasteiger partial charge on any atom is 0.426 e. The maximum absolute atomic E-state index is 14.0. The number of benzene rings is 1. The molecule has 128 heavy (non-hydrogen) atoms. The van der Waals surface area contributed by atoms with Gasteiger partial charge in [0.25, 0.3) is 11.5 Å². The summed E-state index contributed by atoms with van der Waals surface area (Å²) in [6, 6.07) is 4.68. The Morgan fingerprint density at radius 2 is 1.30 bits per heavy atom. The number of carbonyl (C=O) groups excluding carboxylic acids is 10. The number of nitrogens with two attached hydrogens (primary N) is 3. The van der Waals surface area contributed by atoms with Gasteiger partial charge in [-0.2, -0.15) is 4.98 Å². The number of aromatic amines is 3. The van der Waals surface area contributed by atoms with Gasteiger partial charge in [-0.05, 0) is 155 Å². The molecule has 8 bridgehead atoms. The molecule has 0 saturated carbocycles. The van der Waals surface area contributed by atoms with Gasteiger partial charge in [-0.3, -0.25) is 64.4 Å². The van der Waals surface area contributed by atoms with Gasteiger partial charge in [0.2, 0.25) is 35.5 Å². The van der Waals surface area contributed by atoms with Crippen molar-refractivity contribution in [3.05, 3.63) is 152 Å². The minimum atomic E-state index is -2.04. The molecule has 44 nitrogen and oxygen atoms in total. The molecule has 0 radical (unpaired) electrons. The number of amides is 7. The van der Waals surface area contributed by atoms with E-state index in [9.17, 15) is 82.4 Å². The molecule has 7 atom stereocenters. The van der Waals surface area contributed by atoms with E-state index in [0.29, 0.717) is 84.4 Å². The Bertz CT molecular complexity index is 5650. The highest BCUT2D eigenvalue weighted by Gasteiger charge is 2.53. The molecule has 24 N–H and O–H groups in total. The molecule has 7 heterocycles. The number of methoxy groups -OCH3 is 3. The lowest BCUT2D eigenvalue weighted by molar-refractivity contribution is -0.149. The quantitative estimate of drug-likeness (QED) is 0.00508. The minimum absolute atomic E-state index is 0.0145. The number of anilines is 2. The smallest absolute Gasteiger partial charge is 0.426 e. The van der Waals surface area contributed by atoms with Crippen molar-refractivity contribution in [1.82, 2.24) is 87.9 Å². The molecule has 4 aliphatic rings. The summed E-state index contributed by atoms with van der Waals surface area (Å²) in [4.78, 5) is 217. The number of nitrogens with zero attached hydrogens (tertiary/aromatic N) is 5. The van der Waals surface area contributed by atoms with Gasteiger partial charge in [-0.15, -0.1) is 0 Å². The largest absolute Gasteiger partial charge is 0.480 e. The first-order valence-electron chi connectivity index (χ1n) is 39.8. The first-order chi connectivity index (χ1) is 60.9. The third-order valence-electron chi connectivity index (χ3n) is 21.0. The van der Waals surface area contributed by atoms with Crippen molar-refractivity contribution >= 4 is 173 Å². The molecule has 0 saturated heterocycles. The number of nitrogen functional groups attached to an aromatic ring is 1. The summed E-state index contributed by atoms with van der Waals surface area (Å²) in [6.45, 7) is 11.3. The number of aromatic nitrogens is 8. The van der Waals surface area contributed by atoms with Crippen LogP contribution in [0.15, 0.2) is 89.9 Å². The highest BCUT2D eigenvalue weighted by atomic mass is 33.1. The number of rotatable bonds is 42. The number of guanidine groups is 2. The van der Waals surface area contributed by atoms with Crippen LogP contribution in [0.1, 0.15) is 146 Å². The molecule has 0 spiro atoms. The zero-order chi connectivity index (χ0) is 93.4. The molecule has 3 aliphatic heterocycles. The number of hydrogen-bond acceptors (Lipinski definition) is 29. The van der Waals surface area contributed by atoms with E-state index in [1.54, 1.807) is 30.4 Å². The number of aliphatic carboxylic acids is 3. The molecule has 680 valence electrons. The first kappa shape index (κ1) is 97.1. The van der Waals surface area contributed by atoms with Gasteiger partial charge in [0, 0.05) is 83.1 Å². The van der Waals surface area contributed by atoms with Gasteiger partial charge in [0.1, 0.15) is 42.7 Å². The first-order valence-corrected chi connectivity index (χ1v) is 42.3. The molecule has 0 unspecified atom stereocenters. The van der Waals surface area contributed by atoms with Crippen LogP contribution in [0.2, 0.25) is 0 Å². The fourth-order valence-electron chi connectivity index (χ4n) is 14.3. The zero-order valence-electron chi connectivity index (χ0n) is 70.6. The Hall–Kier alpha value is -14.7. The van der Waals surface area contributed by atoms with Crippen LogP contribution < -0.4 is 76.1 Å². The molecule has 4 aromatic heterocycles. The number of H-pyrrole nitrogens is 3. The highest BCUT2D eigenvalue weighted by molar-refractivity contribution is 8.76. The molecule has 5 aromatic rings. The van der Waals surface area contributed by atoms with Gasteiger partial charge in [-0.1, -0.05) is 46.4 Å². The second-order valence-electron chi connectivity index (χ2n) is 29.6. The number of fused-ring (bicyclic) bond motifs is 12. The Morgan fingerprint density at radius 1 is 0.656 bits per heavy atom. The summed E-state index contributed by atoms with van der Waals surface area (Å²) in [6.07, 6.45) is 2.85. The van der Waals surface area contributed by atoms with Gasteiger partial charge < -0.3 is 104 Å². The summed E-state index contributed by atoms with van der Waals surface area (Å²) in [7, 11) is 5.73. The Kier molecular flexibility index (Phi) is 33.9.